The summed E-state index contributed by atoms with van der Waals surface area (Å²) < 4.78 is 27.6. The summed E-state index contributed by atoms with van der Waals surface area (Å²) in [4.78, 5) is 13.9. The van der Waals surface area contributed by atoms with Gasteiger partial charge < -0.3 is 10.2 Å². The molecule has 1 saturated heterocycles. The number of anilines is 1. The minimum Gasteiger partial charge on any atom is -0.325 e. The van der Waals surface area contributed by atoms with Gasteiger partial charge in [-0.25, -0.2) is 8.42 Å². The molecule has 3 rings (SSSR count). The van der Waals surface area contributed by atoms with Crippen molar-refractivity contribution >= 4 is 33.2 Å². The Bertz CT molecular complexity index is 1020. The lowest BCUT2D eigenvalue weighted by molar-refractivity contribution is -0.895. The summed E-state index contributed by atoms with van der Waals surface area (Å²) in [6, 6.07) is 10.9. The molecule has 0 spiro atoms. The van der Waals surface area contributed by atoms with Crippen molar-refractivity contribution < 1.29 is 18.1 Å². The smallest absolute Gasteiger partial charge is 0.279 e. The average Bonchev–Trinajstić information content (AvgIpc) is 2.67. The Hall–Kier alpha value is -1.93. The number of hydrogen-bond donors (Lipinski definition) is 2. The van der Waals surface area contributed by atoms with E-state index >= 15 is 0 Å². The van der Waals surface area contributed by atoms with Crippen molar-refractivity contribution in [1.29, 1.82) is 0 Å². The summed E-state index contributed by atoms with van der Waals surface area (Å²) in [5.74, 6) is -0.101. The van der Waals surface area contributed by atoms with Gasteiger partial charge in [0.15, 0.2) is 6.54 Å². The van der Waals surface area contributed by atoms with Crippen molar-refractivity contribution in [2.75, 3.05) is 38.0 Å². The van der Waals surface area contributed by atoms with E-state index in [1.54, 1.807) is 18.2 Å². The number of quaternary nitrogens is 1. The lowest BCUT2D eigenvalue weighted by atomic mass is 10.2. The standard InChI is InChI=1S/C21H26ClN3O3S/c1-15-7-8-16(2)20(13-15)29(27,28)25-11-9-24(10-12-25)14-21(26)23-19-6-4-5-18(22)17(19)3/h4-8,13H,9-12,14H2,1-3H3,(H,23,26)/p+1. The van der Waals surface area contributed by atoms with Crippen molar-refractivity contribution in [2.45, 2.75) is 25.7 Å². The van der Waals surface area contributed by atoms with Crippen LogP contribution in [0.4, 0.5) is 5.69 Å². The maximum atomic E-state index is 13.0. The summed E-state index contributed by atoms with van der Waals surface area (Å²) >= 11 is 6.10. The first-order chi connectivity index (χ1) is 13.7. The number of amides is 1. The lowest BCUT2D eigenvalue weighted by Crippen LogP contribution is -3.15. The molecule has 2 aromatic rings. The van der Waals surface area contributed by atoms with Crippen LogP contribution < -0.4 is 10.2 Å². The Morgan fingerprint density at radius 1 is 1.14 bits per heavy atom. The first kappa shape index (κ1) is 21.8. The third-order valence-corrected chi connectivity index (χ3v) is 7.79. The number of sulfonamides is 1. The number of piperazine rings is 1. The van der Waals surface area contributed by atoms with Crippen LogP contribution in [0.2, 0.25) is 5.02 Å². The van der Waals surface area contributed by atoms with E-state index < -0.39 is 10.0 Å². The van der Waals surface area contributed by atoms with Crippen LogP contribution in [0.25, 0.3) is 0 Å². The van der Waals surface area contributed by atoms with Gasteiger partial charge in [-0.2, -0.15) is 4.31 Å². The van der Waals surface area contributed by atoms with Gasteiger partial charge in [0.05, 0.1) is 31.1 Å². The number of aryl methyl sites for hydroxylation is 2. The van der Waals surface area contributed by atoms with Crippen LogP contribution >= 0.6 is 11.6 Å². The van der Waals surface area contributed by atoms with Crippen LogP contribution in [0.1, 0.15) is 16.7 Å². The van der Waals surface area contributed by atoms with E-state index in [0.29, 0.717) is 48.3 Å². The second-order valence-corrected chi connectivity index (χ2v) is 9.87. The molecule has 1 fully saturated rings. The first-order valence-electron chi connectivity index (χ1n) is 9.64. The van der Waals surface area contributed by atoms with Crippen molar-refractivity contribution in [3.05, 3.63) is 58.1 Å². The second-order valence-electron chi connectivity index (χ2n) is 7.56. The Balaban J connectivity index is 1.59. The molecule has 2 aromatic carbocycles. The van der Waals surface area contributed by atoms with Gasteiger partial charge in [0.25, 0.3) is 5.91 Å². The molecule has 29 heavy (non-hydrogen) atoms. The monoisotopic (exact) mass is 436 g/mol. The highest BCUT2D eigenvalue weighted by Gasteiger charge is 2.32. The van der Waals surface area contributed by atoms with Crippen LogP contribution in [0, 0.1) is 20.8 Å². The molecular formula is C21H27ClN3O3S+. The lowest BCUT2D eigenvalue weighted by Gasteiger charge is -2.31. The molecule has 0 bridgehead atoms. The molecule has 0 aromatic heterocycles. The fourth-order valence-electron chi connectivity index (χ4n) is 3.51. The number of carbonyl (C=O) groups excluding carboxylic acids is 1. The highest BCUT2D eigenvalue weighted by Crippen LogP contribution is 2.23. The predicted octanol–water partition coefficient (Wildman–Crippen LogP) is 1.79. The summed E-state index contributed by atoms with van der Waals surface area (Å²) in [6.07, 6.45) is 0. The molecular weight excluding hydrogens is 410 g/mol. The third-order valence-electron chi connectivity index (χ3n) is 5.34. The zero-order chi connectivity index (χ0) is 21.2. The summed E-state index contributed by atoms with van der Waals surface area (Å²) in [6.45, 7) is 7.84. The van der Waals surface area contributed by atoms with E-state index in [0.717, 1.165) is 21.6 Å². The topological polar surface area (TPSA) is 70.9 Å². The molecule has 6 nitrogen and oxygen atoms in total. The molecule has 2 N–H and O–H groups in total. The van der Waals surface area contributed by atoms with Crippen LogP contribution in [-0.4, -0.2) is 51.4 Å². The molecule has 1 aliphatic heterocycles. The summed E-state index contributed by atoms with van der Waals surface area (Å²) in [5, 5.41) is 3.51. The molecule has 1 aliphatic rings. The highest BCUT2D eigenvalue weighted by molar-refractivity contribution is 7.89. The van der Waals surface area contributed by atoms with Crippen LogP contribution in [0.5, 0.6) is 0 Å². The van der Waals surface area contributed by atoms with Crippen LogP contribution in [0.15, 0.2) is 41.3 Å². The maximum absolute atomic E-state index is 13.0. The number of carbonyl (C=O) groups is 1. The van der Waals surface area contributed by atoms with Gasteiger partial charge >= 0.3 is 0 Å². The zero-order valence-electron chi connectivity index (χ0n) is 17.0. The van der Waals surface area contributed by atoms with Gasteiger partial charge in [0.1, 0.15) is 0 Å². The molecule has 8 heteroatoms. The number of nitrogens with zero attached hydrogens (tertiary/aromatic N) is 1. The van der Waals surface area contributed by atoms with E-state index in [-0.39, 0.29) is 5.91 Å². The van der Waals surface area contributed by atoms with Crippen molar-refractivity contribution in [3.8, 4) is 0 Å². The molecule has 1 heterocycles. The molecule has 0 aliphatic carbocycles. The minimum atomic E-state index is -3.52. The van der Waals surface area contributed by atoms with E-state index in [9.17, 15) is 13.2 Å². The quantitative estimate of drug-likeness (QED) is 0.750. The van der Waals surface area contributed by atoms with Crippen LogP contribution in [0.3, 0.4) is 0 Å². The number of rotatable bonds is 5. The molecule has 0 radical (unpaired) electrons. The van der Waals surface area contributed by atoms with Crippen molar-refractivity contribution in [2.24, 2.45) is 0 Å². The van der Waals surface area contributed by atoms with Gasteiger partial charge in [-0.3, -0.25) is 4.79 Å². The van der Waals surface area contributed by atoms with E-state index in [1.807, 2.05) is 39.0 Å². The number of halogens is 1. The minimum absolute atomic E-state index is 0.101. The van der Waals surface area contributed by atoms with E-state index in [4.69, 9.17) is 11.6 Å². The van der Waals surface area contributed by atoms with Gasteiger partial charge in [0.2, 0.25) is 10.0 Å². The normalized spacial score (nSPS) is 16.0. The van der Waals surface area contributed by atoms with Gasteiger partial charge in [-0.1, -0.05) is 29.8 Å². The predicted molar refractivity (Wildman–Crippen MR) is 115 cm³/mol. The Labute approximate surface area is 177 Å². The second kappa shape index (κ2) is 8.83. The fourth-order valence-corrected chi connectivity index (χ4v) is 5.43. The van der Waals surface area contributed by atoms with Crippen molar-refractivity contribution in [1.82, 2.24) is 4.31 Å². The third kappa shape index (κ3) is 4.98. The summed E-state index contributed by atoms with van der Waals surface area (Å²) in [5.41, 5.74) is 3.22. The zero-order valence-corrected chi connectivity index (χ0v) is 18.5. The highest BCUT2D eigenvalue weighted by atomic mass is 35.5. The molecule has 0 saturated carbocycles. The maximum Gasteiger partial charge on any atom is 0.279 e. The largest absolute Gasteiger partial charge is 0.325 e. The van der Waals surface area contributed by atoms with Gasteiger partial charge in [-0.05, 0) is 55.7 Å². The average molecular weight is 437 g/mol. The Morgan fingerprint density at radius 2 is 1.83 bits per heavy atom. The van der Waals surface area contributed by atoms with Gasteiger partial charge in [-0.15, -0.1) is 0 Å². The fraction of sp³-hybridized carbons (Fsp3) is 0.381. The molecule has 0 unspecified atom stereocenters. The van der Waals surface area contributed by atoms with E-state index in [1.165, 1.54) is 4.31 Å². The van der Waals surface area contributed by atoms with Crippen LogP contribution in [-0.2, 0) is 14.8 Å². The number of benzene rings is 2. The van der Waals surface area contributed by atoms with Crippen molar-refractivity contribution in [3.63, 3.8) is 0 Å². The van der Waals surface area contributed by atoms with E-state index in [2.05, 4.69) is 5.32 Å². The molecule has 0 atom stereocenters. The Morgan fingerprint density at radius 3 is 2.52 bits per heavy atom. The Kier molecular flexibility index (Phi) is 6.63. The SMILES string of the molecule is Cc1ccc(C)c(S(=O)(=O)N2CC[NH+](CC(=O)Nc3cccc(Cl)c3C)CC2)c1. The number of hydrogen-bond acceptors (Lipinski definition) is 3. The number of nitrogens with one attached hydrogen (secondary N) is 2. The molecule has 1 amide bonds. The van der Waals surface area contributed by atoms with Gasteiger partial charge in [0, 0.05) is 10.7 Å². The first-order valence-corrected chi connectivity index (χ1v) is 11.5. The summed E-state index contributed by atoms with van der Waals surface area (Å²) in [7, 11) is -3.52. The molecule has 156 valence electrons.